The lowest BCUT2D eigenvalue weighted by molar-refractivity contribution is 0.360. The van der Waals surface area contributed by atoms with Crippen molar-refractivity contribution in [2.45, 2.75) is 0 Å². The summed E-state index contributed by atoms with van der Waals surface area (Å²) in [6.07, 6.45) is 0. The van der Waals surface area contributed by atoms with Gasteiger partial charge in [0.2, 0.25) is 0 Å². The van der Waals surface area contributed by atoms with E-state index in [4.69, 9.17) is 23.9 Å². The number of para-hydroxylation sites is 1. The van der Waals surface area contributed by atoms with Gasteiger partial charge in [0, 0.05) is 33.5 Å². The van der Waals surface area contributed by atoms with Gasteiger partial charge >= 0.3 is 0 Å². The lowest BCUT2D eigenvalue weighted by Crippen LogP contribution is -2.00. The van der Waals surface area contributed by atoms with Crippen molar-refractivity contribution in [3.63, 3.8) is 0 Å². The number of nitrogens with zero attached hydrogens (tertiary/aromatic N) is 2. The molecule has 0 saturated heterocycles. The molecule has 1 aliphatic rings. The van der Waals surface area contributed by atoms with E-state index in [0.29, 0.717) is 28.8 Å². The maximum atomic E-state index is 6.37. The molecule has 5 heteroatoms. The molecule has 0 N–H and O–H groups in total. The smallest absolute Gasteiger partial charge is 0.173 e. The largest absolute Gasteiger partial charge is 0.456 e. The fraction of sp³-hybridized carbons (Fsp3) is 0. The number of furan rings is 1. The Morgan fingerprint density at radius 1 is 0.410 bits per heavy atom. The molecule has 0 fully saturated rings. The Hall–Kier alpha value is -5.42. The van der Waals surface area contributed by atoms with Crippen molar-refractivity contribution in [2.24, 2.45) is 0 Å². The standard InChI is InChI=1S/C34H20N2O3/c1-3-9-21(10-4-1)26-19-27(22-11-5-2-6-12-22)36-34(35-26)23-15-16-29-31(17-23)39-32-18-25-24-13-7-8-14-28(24)37-30(25)20-33(32)38-29/h1-20H. The third-order valence-electron chi connectivity index (χ3n) is 6.95. The number of aromatic nitrogens is 2. The Labute approximate surface area is 223 Å². The monoisotopic (exact) mass is 504 g/mol. The van der Waals surface area contributed by atoms with Crippen molar-refractivity contribution in [3.05, 3.63) is 121 Å². The summed E-state index contributed by atoms with van der Waals surface area (Å²) in [5, 5.41) is 2.02. The van der Waals surface area contributed by atoms with Gasteiger partial charge in [0.15, 0.2) is 28.8 Å². The zero-order valence-corrected chi connectivity index (χ0v) is 20.7. The second kappa shape index (κ2) is 8.57. The van der Waals surface area contributed by atoms with Crippen molar-refractivity contribution in [2.75, 3.05) is 0 Å². The summed E-state index contributed by atoms with van der Waals surface area (Å²) in [6.45, 7) is 0. The molecule has 0 radical (unpaired) electrons. The van der Waals surface area contributed by atoms with E-state index in [9.17, 15) is 0 Å². The Bertz CT molecular complexity index is 1960. The normalized spacial score (nSPS) is 12.0. The summed E-state index contributed by atoms with van der Waals surface area (Å²) in [4.78, 5) is 9.88. The summed E-state index contributed by atoms with van der Waals surface area (Å²) in [5.41, 5.74) is 6.20. The van der Waals surface area contributed by atoms with Crippen molar-refractivity contribution >= 4 is 21.9 Å². The van der Waals surface area contributed by atoms with E-state index in [2.05, 4.69) is 24.3 Å². The Balaban J connectivity index is 1.23. The second-order valence-electron chi connectivity index (χ2n) is 9.45. The first-order valence-corrected chi connectivity index (χ1v) is 12.7. The highest BCUT2D eigenvalue weighted by Crippen LogP contribution is 2.49. The predicted molar refractivity (Wildman–Crippen MR) is 152 cm³/mol. The number of benzene rings is 5. The first-order chi connectivity index (χ1) is 19.3. The van der Waals surface area contributed by atoms with Gasteiger partial charge in [0.25, 0.3) is 0 Å². The summed E-state index contributed by atoms with van der Waals surface area (Å²) in [6, 6.07) is 40.0. The van der Waals surface area contributed by atoms with Crippen molar-refractivity contribution < 1.29 is 13.9 Å². The number of rotatable bonds is 3. The van der Waals surface area contributed by atoms with Gasteiger partial charge in [-0.1, -0.05) is 78.9 Å². The lowest BCUT2D eigenvalue weighted by atomic mass is 10.1. The minimum absolute atomic E-state index is 0.613. The fourth-order valence-electron chi connectivity index (χ4n) is 5.03. The fourth-order valence-corrected chi connectivity index (χ4v) is 5.03. The minimum Gasteiger partial charge on any atom is -0.456 e. The van der Waals surface area contributed by atoms with E-state index in [0.717, 1.165) is 50.0 Å². The van der Waals surface area contributed by atoms with Gasteiger partial charge in [-0.2, -0.15) is 0 Å². The van der Waals surface area contributed by atoms with Gasteiger partial charge in [0.05, 0.1) is 11.4 Å². The van der Waals surface area contributed by atoms with Crippen LogP contribution in [0.3, 0.4) is 0 Å². The zero-order valence-electron chi connectivity index (χ0n) is 20.7. The van der Waals surface area contributed by atoms with Gasteiger partial charge in [-0.15, -0.1) is 0 Å². The van der Waals surface area contributed by atoms with E-state index in [1.54, 1.807) is 0 Å². The molecule has 5 aromatic carbocycles. The SMILES string of the molecule is c1ccc(-c2cc(-c3ccccc3)nc(-c3ccc4c(c3)Oc3cc5c(cc3O4)oc3ccccc35)n2)cc1. The number of hydrogen-bond donors (Lipinski definition) is 0. The van der Waals surface area contributed by atoms with Crippen LogP contribution in [-0.4, -0.2) is 9.97 Å². The summed E-state index contributed by atoms with van der Waals surface area (Å²) >= 11 is 0. The van der Waals surface area contributed by atoms with Crippen molar-refractivity contribution in [1.29, 1.82) is 0 Å². The molecule has 0 spiro atoms. The number of ether oxygens (including phenoxy) is 2. The van der Waals surface area contributed by atoms with Crippen molar-refractivity contribution in [3.8, 4) is 56.9 Å². The second-order valence-corrected chi connectivity index (χ2v) is 9.45. The highest BCUT2D eigenvalue weighted by Gasteiger charge is 2.23. The van der Waals surface area contributed by atoms with Crippen LogP contribution in [0.4, 0.5) is 0 Å². The average molecular weight is 505 g/mol. The third kappa shape index (κ3) is 3.71. The topological polar surface area (TPSA) is 57.4 Å². The minimum atomic E-state index is 0.613. The molecule has 0 bridgehead atoms. The van der Waals surface area contributed by atoms with Gasteiger partial charge in [-0.05, 0) is 36.4 Å². The molecule has 8 rings (SSSR count). The summed E-state index contributed by atoms with van der Waals surface area (Å²) in [7, 11) is 0. The van der Waals surface area contributed by atoms with Gasteiger partial charge in [-0.25, -0.2) is 9.97 Å². The molecule has 7 aromatic rings. The van der Waals surface area contributed by atoms with E-state index in [1.165, 1.54) is 0 Å². The van der Waals surface area contributed by atoms with Crippen LogP contribution in [-0.2, 0) is 0 Å². The van der Waals surface area contributed by atoms with Gasteiger partial charge in [0.1, 0.15) is 11.2 Å². The maximum absolute atomic E-state index is 6.37. The Kier molecular flexibility index (Phi) is 4.76. The Morgan fingerprint density at radius 3 is 1.77 bits per heavy atom. The molecule has 5 nitrogen and oxygen atoms in total. The molecule has 2 aromatic heterocycles. The van der Waals surface area contributed by atoms with Crippen LogP contribution < -0.4 is 9.47 Å². The molecule has 0 aliphatic carbocycles. The molecule has 3 heterocycles. The van der Waals surface area contributed by atoms with Crippen LogP contribution in [0.15, 0.2) is 126 Å². The first-order valence-electron chi connectivity index (χ1n) is 12.7. The molecule has 0 saturated carbocycles. The van der Waals surface area contributed by atoms with E-state index >= 15 is 0 Å². The highest BCUT2D eigenvalue weighted by molar-refractivity contribution is 6.06. The summed E-state index contributed by atoms with van der Waals surface area (Å²) in [5.74, 6) is 3.12. The van der Waals surface area contributed by atoms with Crippen LogP contribution in [0.1, 0.15) is 0 Å². The predicted octanol–water partition coefficient (Wildman–Crippen LogP) is 9.27. The quantitative estimate of drug-likeness (QED) is 0.240. The molecule has 39 heavy (non-hydrogen) atoms. The molecular formula is C34H20N2O3. The highest BCUT2D eigenvalue weighted by atomic mass is 16.6. The maximum Gasteiger partial charge on any atom is 0.173 e. The van der Waals surface area contributed by atoms with Crippen LogP contribution in [0.2, 0.25) is 0 Å². The van der Waals surface area contributed by atoms with Crippen LogP contribution in [0.25, 0.3) is 55.8 Å². The third-order valence-corrected chi connectivity index (χ3v) is 6.95. The number of hydrogen-bond acceptors (Lipinski definition) is 5. The van der Waals surface area contributed by atoms with Crippen LogP contribution in [0.5, 0.6) is 23.0 Å². The Morgan fingerprint density at radius 2 is 1.03 bits per heavy atom. The summed E-state index contributed by atoms with van der Waals surface area (Å²) < 4.78 is 18.6. The molecule has 0 atom stereocenters. The first kappa shape index (κ1) is 21.6. The zero-order chi connectivity index (χ0) is 25.8. The molecule has 0 amide bonds. The molecule has 1 aliphatic heterocycles. The van der Waals surface area contributed by atoms with Gasteiger partial charge < -0.3 is 13.9 Å². The number of fused-ring (bicyclic) bond motifs is 5. The van der Waals surface area contributed by atoms with Crippen LogP contribution >= 0.6 is 0 Å². The molecule has 184 valence electrons. The van der Waals surface area contributed by atoms with Crippen molar-refractivity contribution in [1.82, 2.24) is 9.97 Å². The van der Waals surface area contributed by atoms with E-state index < -0.39 is 0 Å². The van der Waals surface area contributed by atoms with E-state index in [-0.39, 0.29) is 0 Å². The van der Waals surface area contributed by atoms with Gasteiger partial charge in [-0.3, -0.25) is 0 Å². The molecule has 0 unspecified atom stereocenters. The lowest BCUT2D eigenvalue weighted by Gasteiger charge is -2.21. The average Bonchev–Trinajstić information content (AvgIpc) is 3.36. The molecular weight excluding hydrogens is 484 g/mol. The van der Waals surface area contributed by atoms with E-state index in [1.807, 2.05) is 97.1 Å². The van der Waals surface area contributed by atoms with Crippen LogP contribution in [0, 0.1) is 0 Å².